The SMILES string of the molecule is CCC1(CCNC)CC(=O)c2cc(S(C)(=O)=O)ccc2O1. The lowest BCUT2D eigenvalue weighted by Gasteiger charge is -2.37. The Morgan fingerprint density at radius 2 is 2.10 bits per heavy atom. The van der Waals surface area contributed by atoms with Gasteiger partial charge in [-0.3, -0.25) is 4.79 Å². The van der Waals surface area contributed by atoms with Crippen molar-refractivity contribution >= 4 is 15.6 Å². The summed E-state index contributed by atoms with van der Waals surface area (Å²) in [7, 11) is -1.46. The molecule has 1 N–H and O–H groups in total. The van der Waals surface area contributed by atoms with Crippen molar-refractivity contribution in [2.75, 3.05) is 19.8 Å². The van der Waals surface area contributed by atoms with Crippen LogP contribution in [-0.2, 0) is 9.84 Å². The Hall–Kier alpha value is -1.40. The van der Waals surface area contributed by atoms with Gasteiger partial charge in [0, 0.05) is 6.26 Å². The van der Waals surface area contributed by atoms with Gasteiger partial charge in [-0.2, -0.15) is 0 Å². The minimum absolute atomic E-state index is 0.0558. The van der Waals surface area contributed by atoms with E-state index >= 15 is 0 Å². The Balaban J connectivity index is 2.39. The van der Waals surface area contributed by atoms with Crippen LogP contribution in [-0.4, -0.2) is 39.7 Å². The molecule has 0 amide bonds. The summed E-state index contributed by atoms with van der Waals surface area (Å²) in [5.74, 6) is 0.427. The number of carbonyl (C=O) groups excluding carboxylic acids is 1. The summed E-state index contributed by atoms with van der Waals surface area (Å²) in [5, 5.41) is 3.07. The Labute approximate surface area is 125 Å². The van der Waals surface area contributed by atoms with E-state index in [-0.39, 0.29) is 17.1 Å². The second-order valence-corrected chi connectivity index (χ2v) is 7.54. The van der Waals surface area contributed by atoms with E-state index in [9.17, 15) is 13.2 Å². The van der Waals surface area contributed by atoms with Crippen molar-refractivity contribution in [3.8, 4) is 5.75 Å². The third-order valence-corrected chi connectivity index (χ3v) is 5.07. The number of carbonyl (C=O) groups is 1. The molecule has 0 bridgehead atoms. The maximum absolute atomic E-state index is 12.4. The third-order valence-electron chi connectivity index (χ3n) is 3.96. The molecule has 0 aromatic heterocycles. The van der Waals surface area contributed by atoms with Crippen molar-refractivity contribution in [3.63, 3.8) is 0 Å². The van der Waals surface area contributed by atoms with Crippen LogP contribution >= 0.6 is 0 Å². The van der Waals surface area contributed by atoms with Crippen molar-refractivity contribution in [3.05, 3.63) is 23.8 Å². The molecule has 2 rings (SSSR count). The van der Waals surface area contributed by atoms with Gasteiger partial charge in [-0.15, -0.1) is 0 Å². The summed E-state index contributed by atoms with van der Waals surface area (Å²) in [6, 6.07) is 4.50. The van der Waals surface area contributed by atoms with Gasteiger partial charge in [-0.05, 0) is 44.6 Å². The number of rotatable bonds is 5. The quantitative estimate of drug-likeness (QED) is 0.898. The van der Waals surface area contributed by atoms with Gasteiger partial charge < -0.3 is 10.1 Å². The summed E-state index contributed by atoms with van der Waals surface area (Å²) in [5.41, 5.74) is -0.133. The molecule has 0 radical (unpaired) electrons. The van der Waals surface area contributed by atoms with Crippen LogP contribution in [0.2, 0.25) is 0 Å². The summed E-state index contributed by atoms with van der Waals surface area (Å²) in [4.78, 5) is 12.6. The van der Waals surface area contributed by atoms with Gasteiger partial charge in [-0.1, -0.05) is 6.92 Å². The summed E-state index contributed by atoms with van der Waals surface area (Å²) in [6.07, 6.45) is 2.88. The number of nitrogens with one attached hydrogen (secondary N) is 1. The van der Waals surface area contributed by atoms with Crippen LogP contribution in [0.1, 0.15) is 36.5 Å². The molecule has 1 aliphatic heterocycles. The van der Waals surface area contributed by atoms with Gasteiger partial charge in [-0.25, -0.2) is 8.42 Å². The first kappa shape index (κ1) is 16.0. The van der Waals surface area contributed by atoms with Gasteiger partial charge in [0.25, 0.3) is 0 Å². The summed E-state index contributed by atoms with van der Waals surface area (Å²) >= 11 is 0. The van der Waals surface area contributed by atoms with E-state index in [1.807, 2.05) is 14.0 Å². The zero-order chi connectivity index (χ0) is 15.7. The van der Waals surface area contributed by atoms with Crippen LogP contribution in [0.25, 0.3) is 0 Å². The number of hydrogen-bond acceptors (Lipinski definition) is 5. The lowest BCUT2D eigenvalue weighted by atomic mass is 9.85. The number of ether oxygens (including phenoxy) is 1. The molecule has 6 heteroatoms. The average molecular weight is 311 g/mol. The molecule has 21 heavy (non-hydrogen) atoms. The van der Waals surface area contributed by atoms with Crippen molar-refractivity contribution in [1.82, 2.24) is 5.32 Å². The Morgan fingerprint density at radius 3 is 2.67 bits per heavy atom. The van der Waals surface area contributed by atoms with E-state index < -0.39 is 15.4 Å². The van der Waals surface area contributed by atoms with Crippen LogP contribution < -0.4 is 10.1 Å². The van der Waals surface area contributed by atoms with Gasteiger partial charge in [0.05, 0.1) is 16.9 Å². The normalized spacial score (nSPS) is 21.8. The smallest absolute Gasteiger partial charge is 0.175 e. The first-order valence-corrected chi connectivity index (χ1v) is 8.91. The lowest BCUT2D eigenvalue weighted by molar-refractivity contribution is 0.0320. The van der Waals surface area contributed by atoms with E-state index in [1.165, 1.54) is 12.1 Å². The van der Waals surface area contributed by atoms with E-state index in [4.69, 9.17) is 4.74 Å². The predicted molar refractivity (Wildman–Crippen MR) is 80.7 cm³/mol. The minimum atomic E-state index is -3.33. The number of sulfone groups is 1. The average Bonchev–Trinajstić information content (AvgIpc) is 2.44. The fraction of sp³-hybridized carbons (Fsp3) is 0.533. The van der Waals surface area contributed by atoms with E-state index in [2.05, 4.69) is 5.32 Å². The summed E-state index contributed by atoms with van der Waals surface area (Å²) in [6.45, 7) is 2.76. The van der Waals surface area contributed by atoms with Crippen molar-refractivity contribution in [2.45, 2.75) is 36.7 Å². The molecule has 0 fully saturated rings. The molecule has 1 atom stereocenters. The van der Waals surface area contributed by atoms with Crippen molar-refractivity contribution < 1.29 is 17.9 Å². The first-order valence-electron chi connectivity index (χ1n) is 7.02. The summed E-state index contributed by atoms with van der Waals surface area (Å²) < 4.78 is 29.2. The Morgan fingerprint density at radius 1 is 1.38 bits per heavy atom. The maximum Gasteiger partial charge on any atom is 0.175 e. The fourth-order valence-electron chi connectivity index (χ4n) is 2.57. The van der Waals surface area contributed by atoms with Crippen molar-refractivity contribution in [1.29, 1.82) is 0 Å². The molecule has 0 saturated heterocycles. The highest BCUT2D eigenvalue weighted by atomic mass is 32.2. The molecule has 0 saturated carbocycles. The Kier molecular flexibility index (Phi) is 4.39. The number of hydrogen-bond donors (Lipinski definition) is 1. The molecule has 0 aliphatic carbocycles. The standard InChI is InChI=1S/C15H21NO4S/c1-4-15(7-8-16-2)10-13(17)12-9-11(21(3,18)19)5-6-14(12)20-15/h5-6,9,16H,4,7-8,10H2,1-3H3. The zero-order valence-electron chi connectivity index (χ0n) is 12.6. The van der Waals surface area contributed by atoms with Crippen LogP contribution in [0.4, 0.5) is 0 Å². The van der Waals surface area contributed by atoms with E-state index in [0.717, 1.165) is 25.6 Å². The Bertz CT molecular complexity index is 654. The number of Topliss-reactive ketones (excluding diaryl/α,β-unsaturated/α-hetero) is 1. The molecule has 1 unspecified atom stereocenters. The predicted octanol–water partition coefficient (Wildman–Crippen LogP) is 1.81. The largest absolute Gasteiger partial charge is 0.486 e. The minimum Gasteiger partial charge on any atom is -0.486 e. The number of fused-ring (bicyclic) bond motifs is 1. The molecule has 116 valence electrons. The number of benzene rings is 1. The van der Waals surface area contributed by atoms with Crippen LogP contribution in [0.5, 0.6) is 5.75 Å². The zero-order valence-corrected chi connectivity index (χ0v) is 13.4. The first-order chi connectivity index (χ1) is 9.81. The van der Waals surface area contributed by atoms with Crippen LogP contribution in [0, 0.1) is 0 Å². The molecular formula is C15H21NO4S. The molecule has 1 heterocycles. The van der Waals surface area contributed by atoms with Gasteiger partial charge in [0.2, 0.25) is 0 Å². The topological polar surface area (TPSA) is 72.5 Å². The molecule has 1 aromatic carbocycles. The molecule has 0 spiro atoms. The second kappa shape index (κ2) is 5.77. The maximum atomic E-state index is 12.4. The van der Waals surface area contributed by atoms with E-state index in [1.54, 1.807) is 6.07 Å². The molecule has 5 nitrogen and oxygen atoms in total. The molecule has 1 aliphatic rings. The van der Waals surface area contributed by atoms with Crippen molar-refractivity contribution in [2.24, 2.45) is 0 Å². The van der Waals surface area contributed by atoms with Crippen LogP contribution in [0.15, 0.2) is 23.1 Å². The fourth-order valence-corrected chi connectivity index (χ4v) is 3.22. The monoisotopic (exact) mass is 311 g/mol. The van der Waals surface area contributed by atoms with E-state index in [0.29, 0.717) is 11.3 Å². The highest BCUT2D eigenvalue weighted by Crippen LogP contribution is 2.38. The van der Waals surface area contributed by atoms with Crippen LogP contribution in [0.3, 0.4) is 0 Å². The van der Waals surface area contributed by atoms with Gasteiger partial charge >= 0.3 is 0 Å². The van der Waals surface area contributed by atoms with Gasteiger partial charge in [0.15, 0.2) is 15.6 Å². The van der Waals surface area contributed by atoms with Gasteiger partial charge in [0.1, 0.15) is 11.4 Å². The third kappa shape index (κ3) is 3.27. The highest BCUT2D eigenvalue weighted by molar-refractivity contribution is 7.90. The highest BCUT2D eigenvalue weighted by Gasteiger charge is 2.39. The second-order valence-electron chi connectivity index (χ2n) is 5.52. The number of ketones is 1. The lowest BCUT2D eigenvalue weighted by Crippen LogP contribution is -2.43. The molecule has 1 aromatic rings. The molecular weight excluding hydrogens is 290 g/mol.